The Bertz CT molecular complexity index is 636. The molecule has 5 nitrogen and oxygen atoms in total. The molecule has 2 rings (SSSR count). The van der Waals surface area contributed by atoms with Crippen LogP contribution in [0.3, 0.4) is 0 Å². The van der Waals surface area contributed by atoms with Crippen LogP contribution in [0.25, 0.3) is 0 Å². The average Bonchev–Trinajstić information content (AvgIpc) is 2.70. The number of nitro groups is 1. The highest BCUT2D eigenvalue weighted by Crippen LogP contribution is 2.33. The first-order valence-electron chi connectivity index (χ1n) is 6.05. The molecule has 0 atom stereocenters. The molecule has 0 aliphatic heterocycles. The van der Waals surface area contributed by atoms with Crippen molar-refractivity contribution in [3.63, 3.8) is 0 Å². The molecule has 0 saturated heterocycles. The van der Waals surface area contributed by atoms with Crippen molar-refractivity contribution in [2.45, 2.75) is 26.3 Å². The fourth-order valence-electron chi connectivity index (χ4n) is 1.87. The molecule has 0 fully saturated rings. The van der Waals surface area contributed by atoms with Crippen molar-refractivity contribution >= 4 is 28.9 Å². The topological polar surface area (TPSA) is 61.0 Å². The van der Waals surface area contributed by atoms with Gasteiger partial charge in [-0.3, -0.25) is 10.1 Å². The van der Waals surface area contributed by atoms with Crippen LogP contribution in [0.15, 0.2) is 24.3 Å². The van der Waals surface area contributed by atoms with E-state index in [1.54, 1.807) is 12.1 Å². The van der Waals surface area contributed by atoms with Gasteiger partial charge >= 0.3 is 5.69 Å². The molecule has 0 spiro atoms. The van der Waals surface area contributed by atoms with E-state index in [1.165, 1.54) is 4.68 Å². The molecule has 1 aromatic heterocycles. The van der Waals surface area contributed by atoms with Crippen molar-refractivity contribution < 1.29 is 4.92 Å². The SMILES string of the molecule is CC(C)c1nn(Cc2ccc(Cl)cc2)c(Cl)c1[N+](=O)[O-]. The minimum absolute atomic E-state index is 0.0497. The van der Waals surface area contributed by atoms with E-state index in [0.29, 0.717) is 17.3 Å². The van der Waals surface area contributed by atoms with Gasteiger partial charge in [-0.15, -0.1) is 0 Å². The molecule has 1 heterocycles. The summed E-state index contributed by atoms with van der Waals surface area (Å²) in [5.74, 6) is -0.0700. The second-order valence-corrected chi connectivity index (χ2v) is 5.52. The van der Waals surface area contributed by atoms with E-state index < -0.39 is 4.92 Å². The number of hydrogen-bond donors (Lipinski definition) is 0. The van der Waals surface area contributed by atoms with E-state index in [1.807, 2.05) is 26.0 Å². The van der Waals surface area contributed by atoms with Crippen LogP contribution >= 0.6 is 23.2 Å². The lowest BCUT2D eigenvalue weighted by atomic mass is 10.1. The number of rotatable bonds is 4. The lowest BCUT2D eigenvalue weighted by Crippen LogP contribution is -2.02. The molecule has 2 aromatic rings. The van der Waals surface area contributed by atoms with Crippen molar-refractivity contribution in [1.29, 1.82) is 0 Å². The Morgan fingerprint density at radius 1 is 1.30 bits per heavy atom. The summed E-state index contributed by atoms with van der Waals surface area (Å²) in [5.41, 5.74) is 1.20. The summed E-state index contributed by atoms with van der Waals surface area (Å²) in [5, 5.41) is 16.0. The molecule has 0 saturated carbocycles. The maximum Gasteiger partial charge on any atom is 0.329 e. The summed E-state index contributed by atoms with van der Waals surface area (Å²) in [6.45, 7) is 4.06. The third-order valence-electron chi connectivity index (χ3n) is 2.87. The van der Waals surface area contributed by atoms with Crippen LogP contribution in [-0.2, 0) is 6.54 Å². The third kappa shape index (κ3) is 2.94. The Labute approximate surface area is 126 Å². The van der Waals surface area contributed by atoms with E-state index in [-0.39, 0.29) is 16.8 Å². The summed E-state index contributed by atoms with van der Waals surface area (Å²) in [7, 11) is 0. The minimum Gasteiger partial charge on any atom is -0.258 e. The zero-order valence-corrected chi connectivity index (χ0v) is 12.5. The molecular formula is C13H13Cl2N3O2. The molecule has 106 valence electrons. The molecule has 20 heavy (non-hydrogen) atoms. The van der Waals surface area contributed by atoms with Crippen LogP contribution in [0.5, 0.6) is 0 Å². The normalized spacial score (nSPS) is 11.1. The van der Waals surface area contributed by atoms with E-state index in [0.717, 1.165) is 5.56 Å². The summed E-state index contributed by atoms with van der Waals surface area (Å²) in [6.07, 6.45) is 0. The lowest BCUT2D eigenvalue weighted by molar-refractivity contribution is -0.385. The van der Waals surface area contributed by atoms with Gasteiger partial charge in [-0.25, -0.2) is 4.68 Å². The van der Waals surface area contributed by atoms with Gasteiger partial charge in [-0.2, -0.15) is 5.10 Å². The van der Waals surface area contributed by atoms with Gasteiger partial charge in [-0.1, -0.05) is 49.2 Å². The van der Waals surface area contributed by atoms with Crippen LogP contribution < -0.4 is 0 Å². The lowest BCUT2D eigenvalue weighted by Gasteiger charge is -2.03. The smallest absolute Gasteiger partial charge is 0.258 e. The monoisotopic (exact) mass is 313 g/mol. The first-order chi connectivity index (χ1) is 9.40. The van der Waals surface area contributed by atoms with Gasteiger partial charge in [0, 0.05) is 10.9 Å². The van der Waals surface area contributed by atoms with Crippen molar-refractivity contribution in [3.05, 3.63) is 55.8 Å². The Balaban J connectivity index is 2.40. The second-order valence-electron chi connectivity index (χ2n) is 4.72. The van der Waals surface area contributed by atoms with Gasteiger partial charge in [0.25, 0.3) is 0 Å². The van der Waals surface area contributed by atoms with Crippen LogP contribution in [0, 0.1) is 10.1 Å². The van der Waals surface area contributed by atoms with Crippen LogP contribution in [-0.4, -0.2) is 14.7 Å². The first kappa shape index (κ1) is 14.8. The summed E-state index contributed by atoms with van der Waals surface area (Å²) >= 11 is 11.9. The van der Waals surface area contributed by atoms with Crippen LogP contribution in [0.4, 0.5) is 5.69 Å². The molecule has 0 amide bonds. The Morgan fingerprint density at radius 3 is 2.35 bits per heavy atom. The molecule has 1 aromatic carbocycles. The minimum atomic E-state index is -0.483. The fourth-order valence-corrected chi connectivity index (χ4v) is 2.26. The van der Waals surface area contributed by atoms with Crippen LogP contribution in [0.2, 0.25) is 10.2 Å². The maximum absolute atomic E-state index is 11.1. The predicted molar refractivity (Wildman–Crippen MR) is 78.5 cm³/mol. The third-order valence-corrected chi connectivity index (χ3v) is 3.49. The van der Waals surface area contributed by atoms with Crippen LogP contribution in [0.1, 0.15) is 31.0 Å². The predicted octanol–water partition coefficient (Wildman–Crippen LogP) is 4.27. The largest absolute Gasteiger partial charge is 0.329 e. The summed E-state index contributed by atoms with van der Waals surface area (Å²) in [6, 6.07) is 7.18. The molecule has 0 N–H and O–H groups in total. The number of nitrogens with zero attached hydrogens (tertiary/aromatic N) is 3. The highest BCUT2D eigenvalue weighted by molar-refractivity contribution is 6.31. The molecule has 0 aliphatic rings. The van der Waals surface area contributed by atoms with Gasteiger partial charge in [0.2, 0.25) is 5.15 Å². The molecule has 0 bridgehead atoms. The molecule has 0 radical (unpaired) electrons. The number of hydrogen-bond acceptors (Lipinski definition) is 3. The Morgan fingerprint density at radius 2 is 1.90 bits per heavy atom. The van der Waals surface area contributed by atoms with Gasteiger partial charge < -0.3 is 0 Å². The van der Waals surface area contributed by atoms with Gasteiger partial charge in [0.15, 0.2) is 0 Å². The highest BCUT2D eigenvalue weighted by atomic mass is 35.5. The Kier molecular flexibility index (Phi) is 4.30. The standard InChI is InChI=1S/C13H13Cl2N3O2/c1-8(2)11-12(18(19)20)13(15)17(16-11)7-9-3-5-10(14)6-4-9/h3-6,8H,7H2,1-2H3. The number of halogens is 2. The molecule has 7 heteroatoms. The molecule has 0 unspecified atom stereocenters. The fraction of sp³-hybridized carbons (Fsp3) is 0.308. The van der Waals surface area contributed by atoms with E-state index >= 15 is 0 Å². The zero-order chi connectivity index (χ0) is 14.9. The summed E-state index contributed by atoms with van der Waals surface area (Å²) < 4.78 is 1.44. The second kappa shape index (κ2) is 5.81. The Hall–Kier alpha value is -1.59. The zero-order valence-electron chi connectivity index (χ0n) is 11.0. The van der Waals surface area contributed by atoms with Gasteiger partial charge in [0.05, 0.1) is 11.5 Å². The highest BCUT2D eigenvalue weighted by Gasteiger charge is 2.28. The maximum atomic E-state index is 11.1. The van der Waals surface area contributed by atoms with Crippen molar-refractivity contribution in [1.82, 2.24) is 9.78 Å². The van der Waals surface area contributed by atoms with Crippen molar-refractivity contribution in [2.24, 2.45) is 0 Å². The quantitative estimate of drug-likeness (QED) is 0.625. The number of benzene rings is 1. The van der Waals surface area contributed by atoms with E-state index in [4.69, 9.17) is 23.2 Å². The van der Waals surface area contributed by atoms with Gasteiger partial charge in [-0.05, 0) is 17.7 Å². The van der Waals surface area contributed by atoms with E-state index in [9.17, 15) is 10.1 Å². The average molecular weight is 314 g/mol. The summed E-state index contributed by atoms with van der Waals surface area (Å²) in [4.78, 5) is 10.6. The number of aromatic nitrogens is 2. The van der Waals surface area contributed by atoms with Gasteiger partial charge in [0.1, 0.15) is 5.69 Å². The van der Waals surface area contributed by atoms with Crippen molar-refractivity contribution in [2.75, 3.05) is 0 Å². The first-order valence-corrected chi connectivity index (χ1v) is 6.80. The van der Waals surface area contributed by atoms with E-state index in [2.05, 4.69) is 5.10 Å². The molecule has 0 aliphatic carbocycles. The van der Waals surface area contributed by atoms with Crippen molar-refractivity contribution in [3.8, 4) is 0 Å². The molecular weight excluding hydrogens is 301 g/mol.